The number of benzene rings is 1. The molecule has 2 unspecified atom stereocenters. The van der Waals surface area contributed by atoms with Gasteiger partial charge in [0, 0.05) is 20.7 Å². The normalized spacial score (nSPS) is 20.0. The zero-order valence-electron chi connectivity index (χ0n) is 16.1. The van der Waals surface area contributed by atoms with Crippen molar-refractivity contribution in [3.63, 3.8) is 0 Å². The summed E-state index contributed by atoms with van der Waals surface area (Å²) >= 11 is 0. The van der Waals surface area contributed by atoms with Crippen LogP contribution in [0, 0.1) is 0 Å². The third-order valence-corrected chi connectivity index (χ3v) is 4.18. The molecule has 7 nitrogen and oxygen atoms in total. The second-order valence-corrected chi connectivity index (χ2v) is 7.38. The van der Waals surface area contributed by atoms with E-state index < -0.39 is 17.8 Å². The second-order valence-electron chi connectivity index (χ2n) is 7.38. The Morgan fingerprint density at radius 3 is 2.42 bits per heavy atom. The van der Waals surface area contributed by atoms with Gasteiger partial charge in [0.1, 0.15) is 12.2 Å². The Bertz CT molecular complexity index is 614. The first-order valence-electron chi connectivity index (χ1n) is 8.65. The van der Waals surface area contributed by atoms with Crippen molar-refractivity contribution in [2.75, 3.05) is 27.2 Å². The number of carbonyl (C=O) groups is 2. The molecular formula is C19H28N2O5. The van der Waals surface area contributed by atoms with Gasteiger partial charge >= 0.3 is 12.2 Å². The molecule has 1 aromatic carbocycles. The van der Waals surface area contributed by atoms with Crippen LogP contribution in [0.5, 0.6) is 0 Å². The maximum absolute atomic E-state index is 12.4. The fourth-order valence-electron chi connectivity index (χ4n) is 2.79. The first-order valence-corrected chi connectivity index (χ1v) is 8.65. The lowest BCUT2D eigenvalue weighted by Crippen LogP contribution is -2.47. The molecule has 144 valence electrons. The lowest BCUT2D eigenvalue weighted by Gasteiger charge is -2.30. The molecule has 1 saturated heterocycles. The van der Waals surface area contributed by atoms with Crippen LogP contribution < -0.4 is 0 Å². The van der Waals surface area contributed by atoms with Gasteiger partial charge in [-0.3, -0.25) is 0 Å². The third-order valence-electron chi connectivity index (χ3n) is 4.18. The van der Waals surface area contributed by atoms with E-state index in [0.29, 0.717) is 13.1 Å². The minimum atomic E-state index is -0.583. The summed E-state index contributed by atoms with van der Waals surface area (Å²) in [6, 6.07) is 9.20. The van der Waals surface area contributed by atoms with Gasteiger partial charge in [-0.2, -0.15) is 0 Å². The van der Waals surface area contributed by atoms with Crippen LogP contribution in [0.25, 0.3) is 0 Å². The van der Waals surface area contributed by atoms with Crippen LogP contribution >= 0.6 is 0 Å². The molecule has 0 radical (unpaired) electrons. The molecule has 2 atom stereocenters. The molecule has 2 rings (SSSR count). The summed E-state index contributed by atoms with van der Waals surface area (Å²) in [4.78, 5) is 27.7. The van der Waals surface area contributed by atoms with E-state index in [2.05, 4.69) is 0 Å². The third kappa shape index (κ3) is 5.36. The summed E-state index contributed by atoms with van der Waals surface area (Å²) in [6.07, 6.45) is -1.16. The zero-order chi connectivity index (χ0) is 19.3. The number of amides is 2. The molecule has 0 aliphatic carbocycles. The molecule has 2 amide bonds. The SMILES string of the molecule is COC1CN(C(=O)OCc2ccccc2)CC1N(C)C(=O)OC(C)(C)C. The van der Waals surface area contributed by atoms with Gasteiger partial charge in [-0.1, -0.05) is 30.3 Å². The molecule has 1 heterocycles. The standard InChI is InChI=1S/C19H28N2O5/c1-19(2,3)26-17(22)20(4)15-11-21(12-16(15)24-5)18(23)25-13-14-9-7-6-8-10-14/h6-10,15-16H,11-13H2,1-5H3. The minimum absolute atomic E-state index is 0.209. The number of rotatable bonds is 4. The highest BCUT2D eigenvalue weighted by Crippen LogP contribution is 2.21. The van der Waals surface area contributed by atoms with Crippen molar-refractivity contribution in [1.29, 1.82) is 0 Å². The number of hydrogen-bond acceptors (Lipinski definition) is 5. The van der Waals surface area contributed by atoms with Gasteiger partial charge in [0.05, 0.1) is 18.7 Å². The quantitative estimate of drug-likeness (QED) is 0.822. The average molecular weight is 364 g/mol. The number of methoxy groups -OCH3 is 1. The van der Waals surface area contributed by atoms with Crippen LogP contribution in [-0.2, 0) is 20.8 Å². The number of nitrogens with zero attached hydrogens (tertiary/aromatic N) is 2. The van der Waals surface area contributed by atoms with Gasteiger partial charge in [-0.25, -0.2) is 9.59 Å². The van der Waals surface area contributed by atoms with Gasteiger partial charge < -0.3 is 24.0 Å². The lowest BCUT2D eigenvalue weighted by molar-refractivity contribution is 0.00378. The van der Waals surface area contributed by atoms with E-state index in [1.165, 1.54) is 4.90 Å². The number of carbonyl (C=O) groups excluding carboxylic acids is 2. The molecule has 0 aromatic heterocycles. The number of likely N-dealkylation sites (N-methyl/N-ethyl adjacent to an activating group) is 1. The fourth-order valence-corrected chi connectivity index (χ4v) is 2.79. The van der Waals surface area contributed by atoms with E-state index in [1.54, 1.807) is 19.1 Å². The minimum Gasteiger partial charge on any atom is -0.445 e. The molecule has 1 fully saturated rings. The highest BCUT2D eigenvalue weighted by atomic mass is 16.6. The van der Waals surface area contributed by atoms with Crippen molar-refractivity contribution >= 4 is 12.2 Å². The van der Waals surface area contributed by atoms with Gasteiger partial charge in [0.15, 0.2) is 0 Å². The van der Waals surface area contributed by atoms with Crippen LogP contribution in [0.2, 0.25) is 0 Å². The Balaban J connectivity index is 1.94. The Kier molecular flexibility index (Phi) is 6.47. The van der Waals surface area contributed by atoms with Gasteiger partial charge in [-0.15, -0.1) is 0 Å². The molecule has 7 heteroatoms. The smallest absolute Gasteiger partial charge is 0.410 e. The first kappa shape index (κ1) is 20.0. The van der Waals surface area contributed by atoms with Crippen LogP contribution in [0.1, 0.15) is 26.3 Å². The number of hydrogen-bond donors (Lipinski definition) is 0. The Morgan fingerprint density at radius 2 is 1.85 bits per heavy atom. The Hall–Kier alpha value is -2.28. The van der Waals surface area contributed by atoms with Gasteiger partial charge in [0.25, 0.3) is 0 Å². The Labute approximate surface area is 154 Å². The predicted octanol–water partition coefficient (Wildman–Crippen LogP) is 2.89. The highest BCUT2D eigenvalue weighted by Gasteiger charge is 2.41. The van der Waals surface area contributed by atoms with Crippen LogP contribution in [0.15, 0.2) is 30.3 Å². The Morgan fingerprint density at radius 1 is 1.19 bits per heavy atom. The predicted molar refractivity (Wildman–Crippen MR) is 96.8 cm³/mol. The molecule has 26 heavy (non-hydrogen) atoms. The molecule has 0 saturated carbocycles. The highest BCUT2D eigenvalue weighted by molar-refractivity contribution is 5.70. The van der Waals surface area contributed by atoms with Crippen LogP contribution in [-0.4, -0.2) is 67.0 Å². The van der Waals surface area contributed by atoms with Crippen molar-refractivity contribution in [1.82, 2.24) is 9.80 Å². The van der Waals surface area contributed by atoms with E-state index in [0.717, 1.165) is 5.56 Å². The molecular weight excluding hydrogens is 336 g/mol. The average Bonchev–Trinajstić information content (AvgIpc) is 3.02. The summed E-state index contributed by atoms with van der Waals surface area (Å²) in [5.41, 5.74) is 0.339. The summed E-state index contributed by atoms with van der Waals surface area (Å²) in [7, 11) is 3.23. The lowest BCUT2D eigenvalue weighted by atomic mass is 10.2. The van der Waals surface area contributed by atoms with Crippen molar-refractivity contribution in [3.8, 4) is 0 Å². The van der Waals surface area contributed by atoms with E-state index >= 15 is 0 Å². The number of ether oxygens (including phenoxy) is 3. The summed E-state index contributed by atoms with van der Waals surface area (Å²) in [6.45, 7) is 6.35. The van der Waals surface area contributed by atoms with Crippen LogP contribution in [0.3, 0.4) is 0 Å². The van der Waals surface area contributed by atoms with Crippen LogP contribution in [0.4, 0.5) is 9.59 Å². The van der Waals surface area contributed by atoms with Gasteiger partial charge in [-0.05, 0) is 26.3 Å². The summed E-state index contributed by atoms with van der Waals surface area (Å²) < 4.78 is 16.2. The zero-order valence-corrected chi connectivity index (χ0v) is 16.1. The molecule has 1 aromatic rings. The largest absolute Gasteiger partial charge is 0.445 e. The van der Waals surface area contributed by atoms with Crippen molar-refractivity contribution in [2.24, 2.45) is 0 Å². The topological polar surface area (TPSA) is 68.3 Å². The molecule has 1 aliphatic heterocycles. The van der Waals surface area contributed by atoms with Crippen molar-refractivity contribution in [2.45, 2.75) is 45.1 Å². The number of likely N-dealkylation sites (tertiary alicyclic amines) is 1. The molecule has 0 N–H and O–H groups in total. The monoisotopic (exact) mass is 364 g/mol. The van der Waals surface area contributed by atoms with E-state index in [9.17, 15) is 9.59 Å². The molecule has 0 spiro atoms. The van der Waals surface area contributed by atoms with Crippen molar-refractivity contribution < 1.29 is 23.8 Å². The van der Waals surface area contributed by atoms with E-state index in [1.807, 2.05) is 51.1 Å². The second kappa shape index (κ2) is 8.40. The first-order chi connectivity index (χ1) is 12.2. The van der Waals surface area contributed by atoms with Gasteiger partial charge in [0.2, 0.25) is 0 Å². The maximum atomic E-state index is 12.4. The van der Waals surface area contributed by atoms with E-state index in [4.69, 9.17) is 14.2 Å². The maximum Gasteiger partial charge on any atom is 0.410 e. The molecule has 0 bridgehead atoms. The molecule has 1 aliphatic rings. The van der Waals surface area contributed by atoms with Crippen molar-refractivity contribution in [3.05, 3.63) is 35.9 Å². The fraction of sp³-hybridized carbons (Fsp3) is 0.579. The van der Waals surface area contributed by atoms with E-state index in [-0.39, 0.29) is 18.8 Å². The summed E-state index contributed by atoms with van der Waals surface area (Å²) in [5, 5.41) is 0. The summed E-state index contributed by atoms with van der Waals surface area (Å²) in [5.74, 6) is 0.